The van der Waals surface area contributed by atoms with Crippen LogP contribution in [0.25, 0.3) is 0 Å². The molecule has 3 rings (SSSR count). The Labute approximate surface area is 160 Å². The zero-order valence-electron chi connectivity index (χ0n) is 14.9. The fourth-order valence-electron chi connectivity index (χ4n) is 2.78. The van der Waals surface area contributed by atoms with Gasteiger partial charge >= 0.3 is 0 Å². The van der Waals surface area contributed by atoms with Crippen LogP contribution in [0.1, 0.15) is 11.3 Å². The minimum absolute atomic E-state index is 0.137. The first-order chi connectivity index (χ1) is 13.0. The van der Waals surface area contributed by atoms with Crippen LogP contribution in [0.15, 0.2) is 22.0 Å². The maximum Gasteiger partial charge on any atom is 0.239 e. The summed E-state index contributed by atoms with van der Waals surface area (Å²) in [5.74, 6) is 0.775. The van der Waals surface area contributed by atoms with Crippen LogP contribution >= 0.6 is 11.3 Å². The van der Waals surface area contributed by atoms with Crippen molar-refractivity contribution in [3.63, 3.8) is 0 Å². The summed E-state index contributed by atoms with van der Waals surface area (Å²) < 4.78 is 4.92. The number of carbonyl (C=O) groups is 2. The molecule has 0 atom stereocenters. The highest BCUT2D eigenvalue weighted by atomic mass is 32.1. The molecular formula is C17H20N6O3S. The third-order valence-electron chi connectivity index (χ3n) is 4.13. The molecule has 142 valence electrons. The first-order valence-corrected chi connectivity index (χ1v) is 9.37. The molecule has 1 aliphatic heterocycles. The zero-order chi connectivity index (χ0) is 19.2. The second-order valence-electron chi connectivity index (χ2n) is 6.25. The van der Waals surface area contributed by atoms with E-state index in [1.807, 2.05) is 9.80 Å². The number of nitrogens with one attached hydrogen (secondary N) is 2. The van der Waals surface area contributed by atoms with E-state index in [0.717, 1.165) is 0 Å². The van der Waals surface area contributed by atoms with Gasteiger partial charge in [-0.3, -0.25) is 19.4 Å². The molecule has 1 saturated heterocycles. The Morgan fingerprint density at radius 2 is 1.85 bits per heavy atom. The minimum Gasteiger partial charge on any atom is -0.360 e. The molecule has 0 spiro atoms. The SMILES string of the molecule is Cc1cc(NC(=O)CN2CCN(CC(=O)Nc3sccc3C#N)CC2)no1. The van der Waals surface area contributed by atoms with E-state index < -0.39 is 0 Å². The summed E-state index contributed by atoms with van der Waals surface area (Å²) in [6, 6.07) is 5.41. The van der Waals surface area contributed by atoms with Crippen molar-refractivity contribution >= 4 is 34.0 Å². The summed E-state index contributed by atoms with van der Waals surface area (Å²) in [7, 11) is 0. The first kappa shape index (κ1) is 19.0. The van der Waals surface area contributed by atoms with Crippen LogP contribution in [0.5, 0.6) is 0 Å². The van der Waals surface area contributed by atoms with Crippen LogP contribution < -0.4 is 10.6 Å². The Balaban J connectivity index is 1.39. The molecule has 2 aromatic heterocycles. The van der Waals surface area contributed by atoms with Crippen molar-refractivity contribution in [1.29, 1.82) is 5.26 Å². The molecule has 0 saturated carbocycles. The quantitative estimate of drug-likeness (QED) is 0.762. The predicted octanol–water partition coefficient (Wildman–Crippen LogP) is 1.11. The number of aryl methyl sites for hydroxylation is 1. The van der Waals surface area contributed by atoms with Gasteiger partial charge in [0, 0.05) is 32.2 Å². The maximum absolute atomic E-state index is 12.2. The Kier molecular flexibility index (Phi) is 6.18. The van der Waals surface area contributed by atoms with E-state index in [0.29, 0.717) is 48.3 Å². The van der Waals surface area contributed by atoms with Gasteiger partial charge in [0.2, 0.25) is 11.8 Å². The standard InChI is InChI=1S/C17H20N6O3S/c1-12-8-14(21-26-12)19-15(24)10-22-3-5-23(6-4-22)11-16(25)20-17-13(9-18)2-7-27-17/h2,7-8H,3-6,10-11H2,1H3,(H,20,25)(H,19,21,24). The average Bonchev–Trinajstić information content (AvgIpc) is 3.25. The molecule has 0 bridgehead atoms. The number of nitrogens with zero attached hydrogens (tertiary/aromatic N) is 4. The molecule has 0 aromatic carbocycles. The number of amides is 2. The van der Waals surface area contributed by atoms with Gasteiger partial charge in [-0.15, -0.1) is 11.3 Å². The van der Waals surface area contributed by atoms with E-state index in [-0.39, 0.29) is 24.9 Å². The molecule has 1 fully saturated rings. The van der Waals surface area contributed by atoms with Crippen LogP contribution in [0, 0.1) is 18.3 Å². The van der Waals surface area contributed by atoms with E-state index in [4.69, 9.17) is 9.78 Å². The highest BCUT2D eigenvalue weighted by molar-refractivity contribution is 7.14. The van der Waals surface area contributed by atoms with Gasteiger partial charge in [0.25, 0.3) is 0 Å². The molecule has 0 aliphatic carbocycles. The molecule has 0 radical (unpaired) electrons. The predicted molar refractivity (Wildman–Crippen MR) is 100 cm³/mol. The van der Waals surface area contributed by atoms with Gasteiger partial charge in [-0.05, 0) is 18.4 Å². The smallest absolute Gasteiger partial charge is 0.239 e. The third kappa shape index (κ3) is 5.37. The van der Waals surface area contributed by atoms with E-state index in [1.54, 1.807) is 24.4 Å². The molecular weight excluding hydrogens is 368 g/mol. The Hall–Kier alpha value is -2.74. The summed E-state index contributed by atoms with van der Waals surface area (Å²) >= 11 is 1.34. The number of carbonyl (C=O) groups excluding carboxylic acids is 2. The second-order valence-corrected chi connectivity index (χ2v) is 7.16. The van der Waals surface area contributed by atoms with Crippen LogP contribution in [0.2, 0.25) is 0 Å². The van der Waals surface area contributed by atoms with Crippen molar-refractivity contribution in [2.45, 2.75) is 6.92 Å². The van der Waals surface area contributed by atoms with E-state index in [9.17, 15) is 9.59 Å². The van der Waals surface area contributed by atoms with Crippen LogP contribution in [0.3, 0.4) is 0 Å². The third-order valence-corrected chi connectivity index (χ3v) is 4.96. The van der Waals surface area contributed by atoms with Gasteiger partial charge in [0.05, 0.1) is 18.7 Å². The lowest BCUT2D eigenvalue weighted by Crippen LogP contribution is -2.50. The minimum atomic E-state index is -0.142. The summed E-state index contributed by atoms with van der Waals surface area (Å²) in [6.07, 6.45) is 0. The van der Waals surface area contributed by atoms with Crippen molar-refractivity contribution in [3.05, 3.63) is 28.8 Å². The average molecular weight is 388 g/mol. The summed E-state index contributed by atoms with van der Waals surface area (Å²) in [4.78, 5) is 28.3. The number of nitriles is 1. The van der Waals surface area contributed by atoms with E-state index >= 15 is 0 Å². The number of thiophene rings is 1. The lowest BCUT2D eigenvalue weighted by Gasteiger charge is -2.33. The lowest BCUT2D eigenvalue weighted by atomic mass is 10.3. The highest BCUT2D eigenvalue weighted by Crippen LogP contribution is 2.22. The number of anilines is 2. The van der Waals surface area contributed by atoms with Gasteiger partial charge in [-0.2, -0.15) is 5.26 Å². The van der Waals surface area contributed by atoms with Gasteiger partial charge in [-0.25, -0.2) is 0 Å². The van der Waals surface area contributed by atoms with Gasteiger partial charge in [-0.1, -0.05) is 5.16 Å². The first-order valence-electron chi connectivity index (χ1n) is 8.49. The van der Waals surface area contributed by atoms with Gasteiger partial charge < -0.3 is 15.2 Å². The lowest BCUT2D eigenvalue weighted by molar-refractivity contribution is -0.120. The number of aromatic nitrogens is 1. The van der Waals surface area contributed by atoms with Crippen molar-refractivity contribution in [3.8, 4) is 6.07 Å². The monoisotopic (exact) mass is 388 g/mol. The molecule has 1 aliphatic rings. The Morgan fingerprint density at radius 1 is 1.22 bits per heavy atom. The topological polar surface area (TPSA) is 114 Å². The summed E-state index contributed by atoms with van der Waals surface area (Å²) in [6.45, 7) is 5.08. The fourth-order valence-corrected chi connectivity index (χ4v) is 3.53. The second kappa shape index (κ2) is 8.77. The molecule has 27 heavy (non-hydrogen) atoms. The Morgan fingerprint density at radius 3 is 2.41 bits per heavy atom. The fraction of sp³-hybridized carbons (Fsp3) is 0.412. The van der Waals surface area contributed by atoms with Crippen molar-refractivity contribution < 1.29 is 14.1 Å². The Bertz CT molecular complexity index is 847. The number of hydrogen-bond acceptors (Lipinski definition) is 8. The number of hydrogen-bond donors (Lipinski definition) is 2. The molecule has 3 heterocycles. The van der Waals surface area contributed by atoms with Crippen molar-refractivity contribution in [2.24, 2.45) is 0 Å². The molecule has 2 amide bonds. The van der Waals surface area contributed by atoms with Gasteiger partial charge in [0.15, 0.2) is 5.82 Å². The zero-order valence-corrected chi connectivity index (χ0v) is 15.7. The normalized spacial score (nSPS) is 15.3. The number of piperazine rings is 1. The van der Waals surface area contributed by atoms with Gasteiger partial charge in [0.1, 0.15) is 16.8 Å². The van der Waals surface area contributed by atoms with Crippen LogP contribution in [0.4, 0.5) is 10.8 Å². The van der Waals surface area contributed by atoms with Crippen LogP contribution in [-0.4, -0.2) is 66.0 Å². The summed E-state index contributed by atoms with van der Waals surface area (Å²) in [5.41, 5.74) is 0.478. The molecule has 0 unspecified atom stereocenters. The van der Waals surface area contributed by atoms with Crippen molar-refractivity contribution in [2.75, 3.05) is 49.9 Å². The molecule has 2 aromatic rings. The largest absolute Gasteiger partial charge is 0.360 e. The maximum atomic E-state index is 12.2. The summed E-state index contributed by atoms with van der Waals surface area (Å²) in [5, 5.41) is 20.6. The number of rotatable bonds is 6. The molecule has 2 N–H and O–H groups in total. The van der Waals surface area contributed by atoms with Crippen molar-refractivity contribution in [1.82, 2.24) is 15.0 Å². The highest BCUT2D eigenvalue weighted by Gasteiger charge is 2.21. The molecule has 10 heteroatoms. The van der Waals surface area contributed by atoms with E-state index in [1.165, 1.54) is 11.3 Å². The molecule has 9 nitrogen and oxygen atoms in total. The van der Waals surface area contributed by atoms with Crippen LogP contribution in [-0.2, 0) is 9.59 Å². The van der Waals surface area contributed by atoms with E-state index in [2.05, 4.69) is 21.9 Å².